The van der Waals surface area contributed by atoms with Crippen LogP contribution in [0.2, 0.25) is 0 Å². The molecule has 2 amide bonds. The van der Waals surface area contributed by atoms with E-state index in [2.05, 4.69) is 11.4 Å². The fourth-order valence-corrected chi connectivity index (χ4v) is 4.50. The number of piperidine rings is 1. The molecule has 1 fully saturated rings. The van der Waals surface area contributed by atoms with E-state index in [1.165, 1.54) is 0 Å². The highest BCUT2D eigenvalue weighted by Crippen LogP contribution is 2.40. The molecule has 9 heteroatoms. The number of benzene rings is 1. The molecular formula is C24H35ClN4O4. The summed E-state index contributed by atoms with van der Waals surface area (Å²) in [5.41, 5.74) is 0.0255. The van der Waals surface area contributed by atoms with E-state index in [0.717, 1.165) is 25.9 Å². The van der Waals surface area contributed by atoms with Gasteiger partial charge >= 0.3 is 0 Å². The van der Waals surface area contributed by atoms with Crippen molar-refractivity contribution < 1.29 is 19.1 Å². The maximum absolute atomic E-state index is 13.7. The first-order chi connectivity index (χ1) is 15.2. The van der Waals surface area contributed by atoms with Crippen LogP contribution in [0, 0.1) is 11.3 Å². The van der Waals surface area contributed by atoms with Crippen molar-refractivity contribution in [3.05, 3.63) is 23.3 Å². The lowest BCUT2D eigenvalue weighted by Gasteiger charge is -2.40. The summed E-state index contributed by atoms with van der Waals surface area (Å²) in [5.74, 6) is 0.0686. The highest BCUT2D eigenvalue weighted by Gasteiger charge is 2.42. The quantitative estimate of drug-likeness (QED) is 0.605. The minimum atomic E-state index is -1.06. The molecule has 3 rings (SSSR count). The zero-order valence-corrected chi connectivity index (χ0v) is 21.0. The monoisotopic (exact) mass is 478 g/mol. The molecule has 2 aliphatic heterocycles. The SMILES string of the molecule is COCCCN1C(=O)C(C)(C)Oc2cc(C#N)c(C(=O)N(C(C)C)[C@@H]3CCCNC3)cc21.Cl. The molecule has 0 saturated carbocycles. The molecule has 1 N–H and O–H groups in total. The number of ether oxygens (including phenoxy) is 2. The van der Waals surface area contributed by atoms with Gasteiger partial charge < -0.3 is 24.6 Å². The van der Waals surface area contributed by atoms with Crippen molar-refractivity contribution in [3.63, 3.8) is 0 Å². The number of hydrogen-bond donors (Lipinski definition) is 1. The van der Waals surface area contributed by atoms with Crippen molar-refractivity contribution in [2.75, 3.05) is 38.3 Å². The minimum Gasteiger partial charge on any atom is -0.476 e. The molecule has 8 nitrogen and oxygen atoms in total. The van der Waals surface area contributed by atoms with Crippen LogP contribution in [0.5, 0.6) is 5.75 Å². The van der Waals surface area contributed by atoms with Gasteiger partial charge in [0.2, 0.25) is 0 Å². The summed E-state index contributed by atoms with van der Waals surface area (Å²) in [6.45, 7) is 10.0. The van der Waals surface area contributed by atoms with Crippen LogP contribution < -0.4 is 15.0 Å². The summed E-state index contributed by atoms with van der Waals surface area (Å²) in [6, 6.07) is 5.45. The van der Waals surface area contributed by atoms with Crippen LogP contribution in [0.1, 0.15) is 62.9 Å². The lowest BCUT2D eigenvalue weighted by atomic mass is 9.97. The molecular weight excluding hydrogens is 444 g/mol. The molecule has 2 heterocycles. The number of rotatable bonds is 7. The van der Waals surface area contributed by atoms with Crippen LogP contribution in [-0.2, 0) is 9.53 Å². The van der Waals surface area contributed by atoms with Gasteiger partial charge in [-0.15, -0.1) is 12.4 Å². The second-order valence-corrected chi connectivity index (χ2v) is 9.20. The highest BCUT2D eigenvalue weighted by atomic mass is 35.5. The largest absolute Gasteiger partial charge is 0.476 e. The number of nitrogens with zero attached hydrogens (tertiary/aromatic N) is 3. The van der Waals surface area contributed by atoms with Gasteiger partial charge in [0.05, 0.1) is 16.8 Å². The Balaban J connectivity index is 0.00000385. The number of methoxy groups -OCH3 is 1. The predicted octanol–water partition coefficient (Wildman–Crippen LogP) is 3.12. The summed E-state index contributed by atoms with van der Waals surface area (Å²) < 4.78 is 11.1. The summed E-state index contributed by atoms with van der Waals surface area (Å²) >= 11 is 0. The van der Waals surface area contributed by atoms with Gasteiger partial charge in [0.25, 0.3) is 11.8 Å². The molecule has 1 aromatic carbocycles. The number of carbonyl (C=O) groups excluding carboxylic acids is 2. The Kier molecular flexibility index (Phi) is 9.12. The number of nitriles is 1. The minimum absolute atomic E-state index is 0. The molecule has 1 aromatic rings. The number of amides is 2. The molecule has 0 radical (unpaired) electrons. The third kappa shape index (κ3) is 5.60. The number of carbonyl (C=O) groups is 2. The molecule has 1 atom stereocenters. The van der Waals surface area contributed by atoms with Gasteiger partial charge in [0.15, 0.2) is 5.60 Å². The van der Waals surface area contributed by atoms with E-state index in [9.17, 15) is 14.9 Å². The van der Waals surface area contributed by atoms with Crippen molar-refractivity contribution in [3.8, 4) is 11.8 Å². The van der Waals surface area contributed by atoms with Crippen molar-refractivity contribution >= 4 is 29.9 Å². The topological polar surface area (TPSA) is 94.9 Å². The van der Waals surface area contributed by atoms with E-state index >= 15 is 0 Å². The Morgan fingerprint density at radius 1 is 1.42 bits per heavy atom. The number of nitrogens with one attached hydrogen (secondary N) is 1. The lowest BCUT2D eigenvalue weighted by Crippen LogP contribution is -2.53. The first-order valence-corrected chi connectivity index (χ1v) is 11.3. The molecule has 2 aliphatic rings. The van der Waals surface area contributed by atoms with Crippen molar-refractivity contribution in [2.45, 2.75) is 64.6 Å². The maximum Gasteiger partial charge on any atom is 0.270 e. The van der Waals surface area contributed by atoms with E-state index in [4.69, 9.17) is 9.47 Å². The second kappa shape index (κ2) is 11.2. The smallest absolute Gasteiger partial charge is 0.270 e. The normalized spacial score (nSPS) is 19.2. The Morgan fingerprint density at radius 2 is 2.15 bits per heavy atom. The molecule has 1 saturated heterocycles. The van der Waals surface area contributed by atoms with E-state index in [0.29, 0.717) is 36.6 Å². The van der Waals surface area contributed by atoms with Crippen LogP contribution in [-0.4, -0.2) is 67.7 Å². The van der Waals surface area contributed by atoms with E-state index < -0.39 is 5.60 Å². The lowest BCUT2D eigenvalue weighted by molar-refractivity contribution is -0.132. The second-order valence-electron chi connectivity index (χ2n) is 9.20. The van der Waals surface area contributed by atoms with Crippen LogP contribution in [0.25, 0.3) is 0 Å². The molecule has 0 spiro atoms. The Morgan fingerprint density at radius 3 is 2.73 bits per heavy atom. The van der Waals surface area contributed by atoms with Crippen LogP contribution in [0.3, 0.4) is 0 Å². The standard InChI is InChI=1S/C24H34N4O4.ClH/c1-16(2)28(18-8-6-9-26-15-18)22(29)19-13-20-21(12-17(19)14-25)32-24(3,4)23(30)27(20)10-7-11-31-5;/h12-13,16,18,26H,6-11,15H2,1-5H3;1H/t18-;/m1./s1. The third-order valence-electron chi connectivity index (χ3n) is 6.05. The predicted molar refractivity (Wildman–Crippen MR) is 129 cm³/mol. The highest BCUT2D eigenvalue weighted by molar-refractivity contribution is 6.05. The molecule has 0 unspecified atom stereocenters. The van der Waals surface area contributed by atoms with Crippen molar-refractivity contribution in [2.24, 2.45) is 0 Å². The van der Waals surface area contributed by atoms with Crippen LogP contribution >= 0.6 is 12.4 Å². The van der Waals surface area contributed by atoms with Crippen molar-refractivity contribution in [1.29, 1.82) is 5.26 Å². The molecule has 33 heavy (non-hydrogen) atoms. The van der Waals surface area contributed by atoms with Gasteiger partial charge in [-0.1, -0.05) is 0 Å². The number of anilines is 1. The van der Waals surface area contributed by atoms with Gasteiger partial charge in [0, 0.05) is 45.0 Å². The summed E-state index contributed by atoms with van der Waals surface area (Å²) in [7, 11) is 1.62. The number of hydrogen-bond acceptors (Lipinski definition) is 6. The van der Waals surface area contributed by atoms with E-state index in [1.807, 2.05) is 18.7 Å². The molecule has 0 aliphatic carbocycles. The first kappa shape index (κ1) is 26.9. The fraction of sp³-hybridized carbons (Fsp3) is 0.625. The van der Waals surface area contributed by atoms with Crippen LogP contribution in [0.4, 0.5) is 5.69 Å². The maximum atomic E-state index is 13.7. The van der Waals surface area contributed by atoms with Gasteiger partial charge in [-0.25, -0.2) is 0 Å². The van der Waals surface area contributed by atoms with Gasteiger partial charge in [-0.2, -0.15) is 5.26 Å². The van der Waals surface area contributed by atoms with Crippen molar-refractivity contribution in [1.82, 2.24) is 10.2 Å². The molecule has 182 valence electrons. The molecule has 0 aromatic heterocycles. The average molecular weight is 479 g/mol. The zero-order valence-electron chi connectivity index (χ0n) is 20.1. The summed E-state index contributed by atoms with van der Waals surface area (Å²) in [4.78, 5) is 30.3. The van der Waals surface area contributed by atoms with Gasteiger partial charge in [0.1, 0.15) is 11.8 Å². The summed E-state index contributed by atoms with van der Waals surface area (Å²) in [6.07, 6.45) is 2.57. The summed E-state index contributed by atoms with van der Waals surface area (Å²) in [5, 5.41) is 13.2. The molecule has 0 bridgehead atoms. The third-order valence-corrected chi connectivity index (χ3v) is 6.05. The van der Waals surface area contributed by atoms with E-state index in [1.54, 1.807) is 38.0 Å². The average Bonchev–Trinajstić information content (AvgIpc) is 2.76. The Labute approximate surface area is 202 Å². The Hall–Kier alpha value is -2.34. The Bertz CT molecular complexity index is 906. The fourth-order valence-electron chi connectivity index (χ4n) is 4.50. The first-order valence-electron chi connectivity index (χ1n) is 11.3. The number of fused-ring (bicyclic) bond motifs is 1. The van der Waals surface area contributed by atoms with E-state index in [-0.39, 0.29) is 41.9 Å². The van der Waals surface area contributed by atoms with Crippen LogP contribution in [0.15, 0.2) is 12.1 Å². The van der Waals surface area contributed by atoms with Gasteiger partial charge in [-0.3, -0.25) is 9.59 Å². The zero-order chi connectivity index (χ0) is 23.5. The van der Waals surface area contributed by atoms with Gasteiger partial charge in [-0.05, 0) is 59.6 Å². The number of halogens is 1.